The third kappa shape index (κ3) is 3.49. The first-order valence-electron chi connectivity index (χ1n) is 8.30. The Morgan fingerprint density at radius 1 is 1.42 bits per heavy atom. The van der Waals surface area contributed by atoms with E-state index in [4.69, 9.17) is 15.9 Å². The molecule has 1 aromatic carbocycles. The lowest BCUT2D eigenvalue weighted by Gasteiger charge is -2.23. The highest BCUT2D eigenvalue weighted by Crippen LogP contribution is 2.36. The zero-order chi connectivity index (χ0) is 17.3. The molecule has 2 heterocycles. The predicted octanol–water partition coefficient (Wildman–Crippen LogP) is 1.95. The third-order valence-electron chi connectivity index (χ3n) is 4.55. The summed E-state index contributed by atoms with van der Waals surface area (Å²) >= 11 is 0. The van der Waals surface area contributed by atoms with Crippen LogP contribution in [-0.4, -0.2) is 30.3 Å². The van der Waals surface area contributed by atoms with Gasteiger partial charge in [-0.15, -0.1) is 0 Å². The standard InChI is InChI=1S/C18H24N4O2/c1-10(2)14(19)8-15(20)18(23)22-12-5-3-11(4-6-12)17-16-7-13(24-17)9-21-16/h3-6,8,10,13,16-17,20-21H,7,9,19H2,1-2H3,(H,22,23)/b14-8-,20-15?/t13-,16-,17+/m0/s1. The molecule has 3 atom stereocenters. The second-order valence-corrected chi connectivity index (χ2v) is 6.72. The first-order chi connectivity index (χ1) is 11.4. The number of hydrogen-bond acceptors (Lipinski definition) is 5. The van der Waals surface area contributed by atoms with Gasteiger partial charge >= 0.3 is 0 Å². The van der Waals surface area contributed by atoms with Gasteiger partial charge in [-0.2, -0.15) is 0 Å². The van der Waals surface area contributed by atoms with E-state index in [2.05, 4.69) is 10.6 Å². The maximum Gasteiger partial charge on any atom is 0.273 e. The minimum atomic E-state index is -0.468. The summed E-state index contributed by atoms with van der Waals surface area (Å²) in [6.07, 6.45) is 2.87. The number of hydrogen-bond donors (Lipinski definition) is 4. The van der Waals surface area contributed by atoms with Crippen LogP contribution >= 0.6 is 0 Å². The molecule has 2 saturated heterocycles. The maximum absolute atomic E-state index is 12.0. The highest BCUT2D eigenvalue weighted by molar-refractivity contribution is 6.46. The molecule has 2 aliphatic rings. The second-order valence-electron chi connectivity index (χ2n) is 6.72. The summed E-state index contributed by atoms with van der Waals surface area (Å²) in [4.78, 5) is 12.0. The third-order valence-corrected chi connectivity index (χ3v) is 4.55. The molecule has 24 heavy (non-hydrogen) atoms. The quantitative estimate of drug-likeness (QED) is 0.621. The number of ether oxygens (including phenoxy) is 1. The van der Waals surface area contributed by atoms with Crippen LogP contribution < -0.4 is 16.4 Å². The van der Waals surface area contributed by atoms with Gasteiger partial charge in [0.25, 0.3) is 5.91 Å². The number of carbonyl (C=O) groups excluding carboxylic acids is 1. The Bertz CT molecular complexity index is 666. The normalized spacial score (nSPS) is 26.0. The van der Waals surface area contributed by atoms with E-state index in [1.54, 1.807) is 0 Å². The van der Waals surface area contributed by atoms with Crippen molar-refractivity contribution in [1.29, 1.82) is 5.41 Å². The molecule has 2 aliphatic heterocycles. The van der Waals surface area contributed by atoms with Gasteiger partial charge in [-0.05, 0) is 36.1 Å². The molecule has 6 heteroatoms. The van der Waals surface area contributed by atoms with Crippen LogP contribution in [-0.2, 0) is 9.53 Å². The minimum Gasteiger partial charge on any atom is -0.402 e. The summed E-state index contributed by atoms with van der Waals surface area (Å²) in [6.45, 7) is 4.77. The number of amides is 1. The molecule has 5 N–H and O–H groups in total. The van der Waals surface area contributed by atoms with E-state index in [0.29, 0.717) is 23.5 Å². The lowest BCUT2D eigenvalue weighted by molar-refractivity contribution is -0.110. The van der Waals surface area contributed by atoms with Gasteiger partial charge in [0.05, 0.1) is 12.2 Å². The lowest BCUT2D eigenvalue weighted by Crippen LogP contribution is -2.33. The van der Waals surface area contributed by atoms with E-state index >= 15 is 0 Å². The zero-order valence-corrected chi connectivity index (χ0v) is 14.0. The van der Waals surface area contributed by atoms with Crippen molar-refractivity contribution in [3.8, 4) is 0 Å². The van der Waals surface area contributed by atoms with Crippen LogP contribution in [0.1, 0.15) is 31.9 Å². The van der Waals surface area contributed by atoms with Gasteiger partial charge in [0, 0.05) is 24.0 Å². The fourth-order valence-corrected chi connectivity index (χ4v) is 3.03. The van der Waals surface area contributed by atoms with Crippen LogP contribution in [0.25, 0.3) is 0 Å². The van der Waals surface area contributed by atoms with Gasteiger partial charge in [0.2, 0.25) is 0 Å². The molecule has 0 aliphatic carbocycles. The van der Waals surface area contributed by atoms with Crippen LogP contribution in [0.5, 0.6) is 0 Å². The van der Waals surface area contributed by atoms with Crippen LogP contribution in [0.3, 0.4) is 0 Å². The highest BCUT2D eigenvalue weighted by Gasteiger charge is 2.41. The van der Waals surface area contributed by atoms with E-state index in [1.807, 2.05) is 38.1 Å². The predicted molar refractivity (Wildman–Crippen MR) is 93.9 cm³/mol. The van der Waals surface area contributed by atoms with E-state index in [1.165, 1.54) is 6.08 Å². The fourth-order valence-electron chi connectivity index (χ4n) is 3.03. The molecule has 0 aromatic heterocycles. The molecule has 0 unspecified atom stereocenters. The molecular weight excluding hydrogens is 304 g/mol. The lowest BCUT2D eigenvalue weighted by atomic mass is 10.0. The molecule has 0 saturated carbocycles. The Kier molecular flexibility index (Phi) is 4.69. The summed E-state index contributed by atoms with van der Waals surface area (Å²) in [5.74, 6) is -0.364. The second kappa shape index (κ2) is 6.75. The van der Waals surface area contributed by atoms with Crippen LogP contribution in [0.4, 0.5) is 5.69 Å². The Balaban J connectivity index is 1.61. The molecule has 128 valence electrons. The number of allylic oxidation sites excluding steroid dienone is 1. The Morgan fingerprint density at radius 3 is 2.67 bits per heavy atom. The smallest absolute Gasteiger partial charge is 0.273 e. The number of fused-ring (bicyclic) bond motifs is 2. The van der Waals surface area contributed by atoms with E-state index in [9.17, 15) is 4.79 Å². The van der Waals surface area contributed by atoms with Crippen molar-refractivity contribution < 1.29 is 9.53 Å². The van der Waals surface area contributed by atoms with Crippen molar-refractivity contribution in [1.82, 2.24) is 5.32 Å². The van der Waals surface area contributed by atoms with Gasteiger partial charge < -0.3 is 21.1 Å². The van der Waals surface area contributed by atoms with Crippen LogP contribution in [0.15, 0.2) is 36.0 Å². The van der Waals surface area contributed by atoms with Gasteiger partial charge in [-0.25, -0.2) is 0 Å². The molecule has 3 rings (SSSR count). The molecular formula is C18H24N4O2. The van der Waals surface area contributed by atoms with Crippen molar-refractivity contribution >= 4 is 17.3 Å². The van der Waals surface area contributed by atoms with Gasteiger partial charge in [-0.3, -0.25) is 10.2 Å². The number of nitrogens with one attached hydrogen (secondary N) is 3. The number of anilines is 1. The van der Waals surface area contributed by atoms with Gasteiger partial charge in [0.1, 0.15) is 5.71 Å². The Hall–Kier alpha value is -2.18. The molecule has 0 radical (unpaired) electrons. The summed E-state index contributed by atoms with van der Waals surface area (Å²) in [5, 5.41) is 14.0. The Labute approximate surface area is 142 Å². The van der Waals surface area contributed by atoms with Crippen LogP contribution in [0, 0.1) is 11.3 Å². The number of nitrogens with two attached hydrogens (primary N) is 1. The van der Waals surface area contributed by atoms with Crippen molar-refractivity contribution in [2.75, 3.05) is 11.9 Å². The maximum atomic E-state index is 12.0. The average Bonchev–Trinajstić information content (AvgIpc) is 3.18. The monoisotopic (exact) mass is 328 g/mol. The molecule has 2 fully saturated rings. The topological polar surface area (TPSA) is 100 Å². The number of benzene rings is 1. The molecule has 0 spiro atoms. The fraction of sp³-hybridized carbons (Fsp3) is 0.444. The summed E-state index contributed by atoms with van der Waals surface area (Å²) in [6, 6.07) is 7.99. The van der Waals surface area contributed by atoms with Crippen molar-refractivity contribution in [2.45, 2.75) is 38.5 Å². The Morgan fingerprint density at radius 2 is 2.12 bits per heavy atom. The van der Waals surface area contributed by atoms with Crippen molar-refractivity contribution in [2.24, 2.45) is 11.7 Å². The summed E-state index contributed by atoms with van der Waals surface area (Å²) in [7, 11) is 0. The van der Waals surface area contributed by atoms with E-state index in [-0.39, 0.29) is 17.7 Å². The average molecular weight is 328 g/mol. The van der Waals surface area contributed by atoms with Crippen molar-refractivity contribution in [3.05, 3.63) is 41.6 Å². The first-order valence-corrected chi connectivity index (χ1v) is 8.30. The SMILES string of the molecule is CC(C)/C(N)=C/C(=N)C(=O)Nc1ccc([C@H]2O[C@@H]3CN[C@H]2C3)cc1. The van der Waals surface area contributed by atoms with E-state index < -0.39 is 5.91 Å². The van der Waals surface area contributed by atoms with Gasteiger partial charge in [0.15, 0.2) is 0 Å². The van der Waals surface area contributed by atoms with Gasteiger partial charge in [-0.1, -0.05) is 26.0 Å². The first kappa shape index (κ1) is 16.7. The summed E-state index contributed by atoms with van der Waals surface area (Å²) in [5.41, 5.74) is 7.92. The molecule has 6 nitrogen and oxygen atoms in total. The largest absolute Gasteiger partial charge is 0.402 e. The molecule has 2 bridgehead atoms. The summed E-state index contributed by atoms with van der Waals surface area (Å²) < 4.78 is 5.97. The molecule has 1 aromatic rings. The van der Waals surface area contributed by atoms with E-state index in [0.717, 1.165) is 18.5 Å². The molecule has 1 amide bonds. The number of carbonyl (C=O) groups is 1. The minimum absolute atomic E-state index is 0.0839. The zero-order valence-electron chi connectivity index (χ0n) is 14.0. The number of morpholine rings is 1. The highest BCUT2D eigenvalue weighted by atomic mass is 16.5. The van der Waals surface area contributed by atoms with Crippen molar-refractivity contribution in [3.63, 3.8) is 0 Å². The number of rotatable bonds is 5. The van der Waals surface area contributed by atoms with Crippen LogP contribution in [0.2, 0.25) is 0 Å².